The predicted molar refractivity (Wildman–Crippen MR) is 93.2 cm³/mol. The average molecular weight is 380 g/mol. The van der Waals surface area contributed by atoms with Crippen molar-refractivity contribution in [3.63, 3.8) is 0 Å². The predicted octanol–water partition coefficient (Wildman–Crippen LogP) is 2.35. The van der Waals surface area contributed by atoms with Gasteiger partial charge in [0.2, 0.25) is 5.91 Å². The topological polar surface area (TPSA) is 105 Å². The van der Waals surface area contributed by atoms with Crippen LogP contribution >= 0.6 is 0 Å². The van der Waals surface area contributed by atoms with E-state index in [1.807, 2.05) is 0 Å². The number of carbonyl (C=O) groups excluding carboxylic acids is 2. The van der Waals surface area contributed by atoms with Gasteiger partial charge < -0.3 is 15.1 Å². The van der Waals surface area contributed by atoms with Crippen molar-refractivity contribution in [2.75, 3.05) is 22.1 Å². The molecule has 2 heterocycles. The third-order valence-electron chi connectivity index (χ3n) is 4.19. The van der Waals surface area contributed by atoms with Crippen molar-refractivity contribution in [2.24, 2.45) is 5.92 Å². The van der Waals surface area contributed by atoms with E-state index in [0.717, 1.165) is 6.07 Å². The number of benzene rings is 1. The van der Waals surface area contributed by atoms with Crippen molar-refractivity contribution in [3.05, 3.63) is 47.7 Å². The number of hydrogen-bond acceptors (Lipinski definition) is 5. The number of nitrogens with one attached hydrogen (secondary N) is 2. The van der Waals surface area contributed by atoms with Crippen LogP contribution in [0, 0.1) is 18.7 Å². The molecular weight excluding hydrogens is 363 g/mol. The standard InChI is InChI=1S/C17H17FN2O5S/c1-10-13(4-6-25-10)17(22)20-15-8-12(2-3-14(15)18)19-16(21)11-5-7-26(23,24)9-11/h2-4,6,8,11H,5,7,9H2,1H3,(H,19,21)(H,20,22)/t11-/m0/s1. The Labute approximate surface area is 149 Å². The molecule has 2 aromatic rings. The van der Waals surface area contributed by atoms with E-state index in [1.54, 1.807) is 6.92 Å². The molecule has 7 nitrogen and oxygen atoms in total. The summed E-state index contributed by atoms with van der Waals surface area (Å²) in [6.07, 6.45) is 1.62. The highest BCUT2D eigenvalue weighted by Crippen LogP contribution is 2.24. The van der Waals surface area contributed by atoms with Crippen LogP contribution in [0.15, 0.2) is 34.9 Å². The van der Waals surface area contributed by atoms with Crippen molar-refractivity contribution in [2.45, 2.75) is 13.3 Å². The fourth-order valence-corrected chi connectivity index (χ4v) is 4.50. The summed E-state index contributed by atoms with van der Waals surface area (Å²) in [5, 5.41) is 5.00. The van der Waals surface area contributed by atoms with Gasteiger partial charge in [-0.3, -0.25) is 9.59 Å². The highest BCUT2D eigenvalue weighted by molar-refractivity contribution is 7.91. The van der Waals surface area contributed by atoms with Gasteiger partial charge in [0.15, 0.2) is 9.84 Å². The highest BCUT2D eigenvalue weighted by Gasteiger charge is 2.33. The number of aryl methyl sites for hydroxylation is 1. The summed E-state index contributed by atoms with van der Waals surface area (Å²) < 4.78 is 42.0. The normalized spacial score (nSPS) is 18.5. The van der Waals surface area contributed by atoms with Crippen LogP contribution in [0.3, 0.4) is 0 Å². The largest absolute Gasteiger partial charge is 0.469 e. The average Bonchev–Trinajstić information content (AvgIpc) is 3.16. The van der Waals surface area contributed by atoms with Crippen LogP contribution in [0.5, 0.6) is 0 Å². The van der Waals surface area contributed by atoms with Gasteiger partial charge in [0.05, 0.1) is 34.9 Å². The molecule has 9 heteroatoms. The van der Waals surface area contributed by atoms with Crippen molar-refractivity contribution in [3.8, 4) is 0 Å². The molecule has 1 aromatic carbocycles. The molecule has 0 saturated carbocycles. The molecule has 2 amide bonds. The van der Waals surface area contributed by atoms with E-state index in [4.69, 9.17) is 4.42 Å². The molecule has 0 unspecified atom stereocenters. The number of amides is 2. The zero-order valence-corrected chi connectivity index (χ0v) is 14.7. The molecule has 1 aliphatic rings. The monoisotopic (exact) mass is 380 g/mol. The van der Waals surface area contributed by atoms with E-state index >= 15 is 0 Å². The van der Waals surface area contributed by atoms with Crippen LogP contribution in [-0.2, 0) is 14.6 Å². The lowest BCUT2D eigenvalue weighted by Crippen LogP contribution is -2.23. The molecule has 0 bridgehead atoms. The molecule has 0 radical (unpaired) electrons. The van der Waals surface area contributed by atoms with Gasteiger partial charge in [0, 0.05) is 5.69 Å². The molecule has 0 aliphatic carbocycles. The van der Waals surface area contributed by atoms with Gasteiger partial charge in [0.1, 0.15) is 11.6 Å². The van der Waals surface area contributed by atoms with Gasteiger partial charge in [-0.15, -0.1) is 0 Å². The summed E-state index contributed by atoms with van der Waals surface area (Å²) in [7, 11) is -3.18. The van der Waals surface area contributed by atoms with E-state index < -0.39 is 33.4 Å². The summed E-state index contributed by atoms with van der Waals surface area (Å²) >= 11 is 0. The number of hydrogen-bond donors (Lipinski definition) is 2. The maximum atomic E-state index is 14.0. The molecular formula is C17H17FN2O5S. The summed E-state index contributed by atoms with van der Waals surface area (Å²) in [6.45, 7) is 1.61. The zero-order valence-electron chi connectivity index (χ0n) is 13.9. The van der Waals surface area contributed by atoms with Crippen molar-refractivity contribution in [1.82, 2.24) is 0 Å². The molecule has 1 aromatic heterocycles. The maximum absolute atomic E-state index is 14.0. The molecule has 0 spiro atoms. The number of rotatable bonds is 4. The van der Waals surface area contributed by atoms with Gasteiger partial charge in [-0.1, -0.05) is 0 Å². The fourth-order valence-electron chi connectivity index (χ4n) is 2.76. The van der Waals surface area contributed by atoms with Crippen LogP contribution in [0.25, 0.3) is 0 Å². The summed E-state index contributed by atoms with van der Waals surface area (Å²) in [5.74, 6) is -2.09. The second-order valence-corrected chi connectivity index (χ2v) is 8.36. The van der Waals surface area contributed by atoms with Gasteiger partial charge in [-0.05, 0) is 37.6 Å². The Morgan fingerprint density at radius 1 is 1.23 bits per heavy atom. The molecule has 26 heavy (non-hydrogen) atoms. The van der Waals surface area contributed by atoms with Crippen LogP contribution in [0.1, 0.15) is 22.5 Å². The Morgan fingerprint density at radius 3 is 2.62 bits per heavy atom. The molecule has 1 saturated heterocycles. The lowest BCUT2D eigenvalue weighted by Gasteiger charge is -2.12. The van der Waals surface area contributed by atoms with Gasteiger partial charge in [0.25, 0.3) is 5.91 Å². The summed E-state index contributed by atoms with van der Waals surface area (Å²) in [6, 6.07) is 5.20. The Balaban J connectivity index is 1.72. The number of halogens is 1. The second-order valence-electron chi connectivity index (χ2n) is 6.13. The lowest BCUT2D eigenvalue weighted by atomic mass is 10.1. The van der Waals surface area contributed by atoms with Crippen molar-refractivity contribution < 1.29 is 26.8 Å². The molecule has 2 N–H and O–H groups in total. The van der Waals surface area contributed by atoms with E-state index in [0.29, 0.717) is 5.76 Å². The van der Waals surface area contributed by atoms with Gasteiger partial charge in [-0.25, -0.2) is 12.8 Å². The van der Waals surface area contributed by atoms with E-state index in [2.05, 4.69) is 10.6 Å². The number of anilines is 2. The molecule has 1 fully saturated rings. The quantitative estimate of drug-likeness (QED) is 0.847. The lowest BCUT2D eigenvalue weighted by molar-refractivity contribution is -0.119. The molecule has 1 aliphatic heterocycles. The molecule has 1 atom stereocenters. The van der Waals surface area contributed by atoms with Crippen LogP contribution in [0.4, 0.5) is 15.8 Å². The van der Waals surface area contributed by atoms with Crippen molar-refractivity contribution in [1.29, 1.82) is 0 Å². The first-order valence-corrected chi connectivity index (χ1v) is 9.73. The minimum atomic E-state index is -3.18. The first-order chi connectivity index (χ1) is 12.2. The van der Waals surface area contributed by atoms with E-state index in [9.17, 15) is 22.4 Å². The Kier molecular flexibility index (Phi) is 4.82. The summed E-state index contributed by atoms with van der Waals surface area (Å²) in [5.41, 5.74) is 0.433. The van der Waals surface area contributed by atoms with Gasteiger partial charge >= 0.3 is 0 Å². The maximum Gasteiger partial charge on any atom is 0.259 e. The SMILES string of the molecule is Cc1occc1C(=O)Nc1cc(NC(=O)[C@H]2CCS(=O)(=O)C2)ccc1F. The van der Waals surface area contributed by atoms with Gasteiger partial charge in [-0.2, -0.15) is 0 Å². The first-order valence-electron chi connectivity index (χ1n) is 7.91. The minimum absolute atomic E-state index is 0.0140. The van der Waals surface area contributed by atoms with Crippen LogP contribution in [-0.4, -0.2) is 31.7 Å². The smallest absolute Gasteiger partial charge is 0.259 e. The van der Waals surface area contributed by atoms with Crippen LogP contribution < -0.4 is 10.6 Å². The number of furan rings is 1. The molecule has 138 valence electrons. The number of carbonyl (C=O) groups is 2. The third kappa shape index (κ3) is 3.93. The van der Waals surface area contributed by atoms with E-state index in [1.165, 1.54) is 24.5 Å². The Bertz CT molecular complexity index is 967. The highest BCUT2D eigenvalue weighted by atomic mass is 32.2. The molecule has 3 rings (SSSR count). The second kappa shape index (κ2) is 6.91. The third-order valence-corrected chi connectivity index (χ3v) is 5.96. The van der Waals surface area contributed by atoms with Crippen LogP contribution in [0.2, 0.25) is 0 Å². The minimum Gasteiger partial charge on any atom is -0.469 e. The summed E-state index contributed by atoms with van der Waals surface area (Å²) in [4.78, 5) is 24.4. The number of sulfone groups is 1. The Morgan fingerprint density at radius 2 is 2.00 bits per heavy atom. The van der Waals surface area contributed by atoms with E-state index in [-0.39, 0.29) is 34.9 Å². The Hall–Kier alpha value is -2.68. The zero-order chi connectivity index (χ0) is 18.9. The first kappa shape index (κ1) is 18.1. The van der Waals surface area contributed by atoms with Crippen molar-refractivity contribution >= 4 is 33.0 Å². The fraction of sp³-hybridized carbons (Fsp3) is 0.294.